The lowest BCUT2D eigenvalue weighted by Gasteiger charge is -2.11. The summed E-state index contributed by atoms with van der Waals surface area (Å²) in [7, 11) is 0. The third-order valence-electron chi connectivity index (χ3n) is 2.76. The number of aliphatic hydroxyl groups excluding tert-OH is 1. The molecule has 0 bridgehead atoms. The molecule has 0 aliphatic heterocycles. The molecule has 0 fully saturated rings. The smallest absolute Gasteiger partial charge is 0.262 e. The zero-order valence-electron chi connectivity index (χ0n) is 11.3. The van der Waals surface area contributed by atoms with Crippen LogP contribution < -0.4 is 10.1 Å². The van der Waals surface area contributed by atoms with Gasteiger partial charge in [-0.1, -0.05) is 39.1 Å². The predicted molar refractivity (Wildman–Crippen MR) is 90.7 cm³/mol. The van der Waals surface area contributed by atoms with Gasteiger partial charge in [0.25, 0.3) is 5.91 Å². The van der Waals surface area contributed by atoms with Gasteiger partial charge >= 0.3 is 0 Å². The Morgan fingerprint density at radius 3 is 2.64 bits per heavy atom. The zero-order chi connectivity index (χ0) is 16.1. The van der Waals surface area contributed by atoms with E-state index in [1.165, 1.54) is 0 Å². The first kappa shape index (κ1) is 17.1. The molecule has 0 atom stereocenters. The van der Waals surface area contributed by atoms with Crippen molar-refractivity contribution in [3.63, 3.8) is 0 Å². The minimum atomic E-state index is -0.342. The lowest BCUT2D eigenvalue weighted by molar-refractivity contribution is -0.118. The Bertz CT molecular complexity index is 694. The van der Waals surface area contributed by atoms with Crippen molar-refractivity contribution in [2.45, 2.75) is 6.61 Å². The summed E-state index contributed by atoms with van der Waals surface area (Å²) >= 11 is 15.0. The maximum absolute atomic E-state index is 11.9. The molecule has 0 aliphatic carbocycles. The number of ether oxygens (including phenoxy) is 1. The molecule has 116 valence electrons. The quantitative estimate of drug-likeness (QED) is 0.782. The topological polar surface area (TPSA) is 58.6 Å². The van der Waals surface area contributed by atoms with Crippen molar-refractivity contribution in [1.29, 1.82) is 0 Å². The van der Waals surface area contributed by atoms with Crippen LogP contribution in [0.4, 0.5) is 5.69 Å². The lowest BCUT2D eigenvalue weighted by atomic mass is 10.2. The third kappa shape index (κ3) is 4.61. The first-order valence-corrected chi connectivity index (χ1v) is 7.81. The zero-order valence-corrected chi connectivity index (χ0v) is 14.4. The van der Waals surface area contributed by atoms with E-state index in [-0.39, 0.29) is 19.1 Å². The van der Waals surface area contributed by atoms with Gasteiger partial charge in [-0.25, -0.2) is 0 Å². The van der Waals surface area contributed by atoms with Crippen LogP contribution in [0.5, 0.6) is 5.75 Å². The standard InChI is InChI=1S/C15H12BrCl2NO3/c16-10-1-4-14(9(5-10)7-20)22-8-15(21)19-11-2-3-12(17)13(18)6-11/h1-6,20H,7-8H2,(H,19,21). The normalized spacial score (nSPS) is 10.4. The van der Waals surface area contributed by atoms with E-state index in [2.05, 4.69) is 21.2 Å². The molecule has 0 radical (unpaired) electrons. The molecular weight excluding hydrogens is 393 g/mol. The van der Waals surface area contributed by atoms with Gasteiger partial charge < -0.3 is 15.2 Å². The Morgan fingerprint density at radius 2 is 1.95 bits per heavy atom. The minimum Gasteiger partial charge on any atom is -0.483 e. The lowest BCUT2D eigenvalue weighted by Crippen LogP contribution is -2.20. The van der Waals surface area contributed by atoms with Gasteiger partial charge in [0.2, 0.25) is 0 Å². The Balaban J connectivity index is 1.96. The van der Waals surface area contributed by atoms with Crippen molar-refractivity contribution in [2.24, 2.45) is 0 Å². The summed E-state index contributed by atoms with van der Waals surface area (Å²) < 4.78 is 6.24. The van der Waals surface area contributed by atoms with E-state index < -0.39 is 0 Å². The molecule has 2 N–H and O–H groups in total. The Morgan fingerprint density at radius 1 is 1.18 bits per heavy atom. The van der Waals surface area contributed by atoms with Crippen molar-refractivity contribution >= 4 is 50.7 Å². The Hall–Kier alpha value is -1.27. The molecule has 2 aromatic carbocycles. The highest BCUT2D eigenvalue weighted by molar-refractivity contribution is 9.10. The summed E-state index contributed by atoms with van der Waals surface area (Å²) in [5.41, 5.74) is 1.12. The monoisotopic (exact) mass is 403 g/mol. The molecular formula is C15H12BrCl2NO3. The van der Waals surface area contributed by atoms with Crippen LogP contribution in [-0.2, 0) is 11.4 Å². The molecule has 7 heteroatoms. The molecule has 0 heterocycles. The van der Waals surface area contributed by atoms with Crippen LogP contribution >= 0.6 is 39.1 Å². The summed E-state index contributed by atoms with van der Waals surface area (Å²) in [5.74, 6) is 0.111. The highest BCUT2D eigenvalue weighted by Gasteiger charge is 2.08. The number of hydrogen-bond acceptors (Lipinski definition) is 3. The summed E-state index contributed by atoms with van der Waals surface area (Å²) in [5, 5.41) is 12.7. The fourth-order valence-electron chi connectivity index (χ4n) is 1.73. The molecule has 2 aromatic rings. The van der Waals surface area contributed by atoms with Gasteiger partial charge in [0, 0.05) is 15.7 Å². The summed E-state index contributed by atoms with van der Waals surface area (Å²) in [6, 6.07) is 9.98. The fourth-order valence-corrected chi connectivity index (χ4v) is 2.43. The molecule has 0 spiro atoms. The Labute approximate surface area is 146 Å². The second kappa shape index (κ2) is 7.83. The number of carbonyl (C=O) groups excluding carboxylic acids is 1. The summed E-state index contributed by atoms with van der Waals surface area (Å²) in [4.78, 5) is 11.9. The second-order valence-electron chi connectivity index (χ2n) is 4.38. The van der Waals surface area contributed by atoms with E-state index in [4.69, 9.17) is 27.9 Å². The number of aliphatic hydroxyl groups is 1. The number of benzene rings is 2. The molecule has 0 saturated carbocycles. The number of halogens is 3. The maximum Gasteiger partial charge on any atom is 0.262 e. The molecule has 2 rings (SSSR count). The van der Waals surface area contributed by atoms with Gasteiger partial charge in [0.05, 0.1) is 16.7 Å². The van der Waals surface area contributed by atoms with Crippen molar-refractivity contribution in [2.75, 3.05) is 11.9 Å². The van der Waals surface area contributed by atoms with Crippen LogP contribution in [0, 0.1) is 0 Å². The molecule has 0 saturated heterocycles. The van der Waals surface area contributed by atoms with E-state index in [9.17, 15) is 9.90 Å². The maximum atomic E-state index is 11.9. The van der Waals surface area contributed by atoms with Crippen LogP contribution in [0.1, 0.15) is 5.56 Å². The molecule has 0 unspecified atom stereocenters. The molecule has 22 heavy (non-hydrogen) atoms. The number of nitrogens with one attached hydrogen (secondary N) is 1. The van der Waals surface area contributed by atoms with Gasteiger partial charge in [0.15, 0.2) is 6.61 Å². The number of rotatable bonds is 5. The predicted octanol–water partition coefficient (Wildman–Crippen LogP) is 4.27. The first-order chi connectivity index (χ1) is 10.5. The number of anilines is 1. The van der Waals surface area contributed by atoms with Crippen molar-refractivity contribution in [1.82, 2.24) is 0 Å². The molecule has 0 aliphatic rings. The summed E-state index contributed by atoms with van der Waals surface area (Å²) in [6.07, 6.45) is 0. The SMILES string of the molecule is O=C(COc1ccc(Br)cc1CO)Nc1ccc(Cl)c(Cl)c1. The van der Waals surface area contributed by atoms with Crippen LogP contribution in [0.2, 0.25) is 10.0 Å². The van der Waals surface area contributed by atoms with Crippen molar-refractivity contribution in [3.05, 3.63) is 56.5 Å². The van der Waals surface area contributed by atoms with Crippen LogP contribution in [0.15, 0.2) is 40.9 Å². The van der Waals surface area contributed by atoms with Gasteiger partial charge in [-0.2, -0.15) is 0 Å². The molecule has 4 nitrogen and oxygen atoms in total. The fraction of sp³-hybridized carbons (Fsp3) is 0.133. The van der Waals surface area contributed by atoms with Crippen molar-refractivity contribution in [3.8, 4) is 5.75 Å². The number of carbonyl (C=O) groups is 1. The minimum absolute atomic E-state index is 0.177. The van der Waals surface area contributed by atoms with Gasteiger partial charge in [0.1, 0.15) is 5.75 Å². The number of amides is 1. The van der Waals surface area contributed by atoms with E-state index >= 15 is 0 Å². The van der Waals surface area contributed by atoms with E-state index in [1.54, 1.807) is 36.4 Å². The van der Waals surface area contributed by atoms with E-state index in [0.717, 1.165) is 4.47 Å². The van der Waals surface area contributed by atoms with Crippen LogP contribution in [0.3, 0.4) is 0 Å². The molecule has 0 aromatic heterocycles. The van der Waals surface area contributed by atoms with Gasteiger partial charge in [-0.05, 0) is 36.4 Å². The van der Waals surface area contributed by atoms with Gasteiger partial charge in [-0.15, -0.1) is 0 Å². The van der Waals surface area contributed by atoms with Crippen LogP contribution in [0.25, 0.3) is 0 Å². The highest BCUT2D eigenvalue weighted by atomic mass is 79.9. The van der Waals surface area contributed by atoms with Gasteiger partial charge in [-0.3, -0.25) is 4.79 Å². The Kier molecular flexibility index (Phi) is 6.08. The third-order valence-corrected chi connectivity index (χ3v) is 3.99. The van der Waals surface area contributed by atoms with E-state index in [0.29, 0.717) is 27.0 Å². The largest absolute Gasteiger partial charge is 0.483 e. The summed E-state index contributed by atoms with van der Waals surface area (Å²) in [6.45, 7) is -0.363. The highest BCUT2D eigenvalue weighted by Crippen LogP contribution is 2.25. The number of hydrogen-bond donors (Lipinski definition) is 2. The average molecular weight is 405 g/mol. The average Bonchev–Trinajstić information content (AvgIpc) is 2.49. The van der Waals surface area contributed by atoms with E-state index in [1.807, 2.05) is 0 Å². The first-order valence-electron chi connectivity index (χ1n) is 6.26. The van der Waals surface area contributed by atoms with Crippen LogP contribution in [-0.4, -0.2) is 17.6 Å². The molecule has 1 amide bonds. The second-order valence-corrected chi connectivity index (χ2v) is 6.11. The van der Waals surface area contributed by atoms with Crippen molar-refractivity contribution < 1.29 is 14.6 Å².